The fourth-order valence-corrected chi connectivity index (χ4v) is 1.33. The van der Waals surface area contributed by atoms with E-state index < -0.39 is 11.0 Å². The van der Waals surface area contributed by atoms with Gasteiger partial charge in [-0.3, -0.25) is 10.1 Å². The Kier molecular flexibility index (Phi) is 4.07. The number of carbonyl (C=O) groups excluding carboxylic acids is 1. The molecule has 0 radical (unpaired) electrons. The number of anilines is 1. The van der Waals surface area contributed by atoms with Crippen molar-refractivity contribution in [2.75, 3.05) is 17.3 Å². The summed E-state index contributed by atoms with van der Waals surface area (Å²) < 4.78 is 0. The lowest BCUT2D eigenvalue weighted by atomic mass is 10.2. The second kappa shape index (κ2) is 5.32. The van der Waals surface area contributed by atoms with Crippen LogP contribution in [0.2, 0.25) is 0 Å². The first-order chi connectivity index (χ1) is 7.56. The Morgan fingerprint density at radius 3 is 2.31 bits per heavy atom. The number of nitro groups is 1. The van der Waals surface area contributed by atoms with Crippen molar-refractivity contribution in [3.63, 3.8) is 0 Å². The van der Waals surface area contributed by atoms with Crippen molar-refractivity contribution in [3.05, 3.63) is 34.4 Å². The summed E-state index contributed by atoms with van der Waals surface area (Å²) in [5, 5.41) is 21.1. The molecule has 1 rings (SSSR count). The average Bonchev–Trinajstić information content (AvgIpc) is 2.25. The number of amides is 1. The van der Waals surface area contributed by atoms with E-state index in [1.165, 1.54) is 24.3 Å². The summed E-state index contributed by atoms with van der Waals surface area (Å²) in [7, 11) is 0. The normalized spacial score (nSPS) is 9.81. The molecule has 0 saturated heterocycles. The molecular weight excluding hydrogens is 236 g/mol. The molecule has 0 aliphatic heterocycles. The van der Waals surface area contributed by atoms with E-state index in [0.29, 0.717) is 5.69 Å². The number of non-ortho nitro benzene ring substituents is 1. The number of halogens is 1. The summed E-state index contributed by atoms with van der Waals surface area (Å²) in [6.07, 6.45) is -1.39. The van der Waals surface area contributed by atoms with Gasteiger partial charge < -0.3 is 14.8 Å². The van der Waals surface area contributed by atoms with Gasteiger partial charge in [-0.25, -0.2) is 0 Å². The fourth-order valence-electron chi connectivity index (χ4n) is 1.16. The standard InChI is InChI=1S/C9H9ClN2O4/c10-5-6-11(9(13)14)7-1-3-8(4-2-7)12(15)16/h1-4H,5-6H2,(H,13,14)/p-1. The van der Waals surface area contributed by atoms with E-state index in [-0.39, 0.29) is 18.1 Å². The van der Waals surface area contributed by atoms with Crippen LogP contribution in [0.3, 0.4) is 0 Å². The van der Waals surface area contributed by atoms with Crippen molar-refractivity contribution in [2.45, 2.75) is 0 Å². The first-order valence-electron chi connectivity index (χ1n) is 4.35. The molecule has 0 atom stereocenters. The van der Waals surface area contributed by atoms with E-state index >= 15 is 0 Å². The van der Waals surface area contributed by atoms with Crippen molar-refractivity contribution in [1.82, 2.24) is 0 Å². The highest BCUT2D eigenvalue weighted by atomic mass is 35.5. The Hall–Kier alpha value is -1.82. The highest BCUT2D eigenvalue weighted by Crippen LogP contribution is 2.19. The molecule has 0 heterocycles. The van der Waals surface area contributed by atoms with Crippen LogP contribution >= 0.6 is 11.6 Å². The van der Waals surface area contributed by atoms with Gasteiger partial charge in [0.05, 0.1) is 4.92 Å². The van der Waals surface area contributed by atoms with Gasteiger partial charge >= 0.3 is 0 Å². The van der Waals surface area contributed by atoms with Gasteiger partial charge in [0.15, 0.2) is 0 Å². The third kappa shape index (κ3) is 2.83. The van der Waals surface area contributed by atoms with E-state index in [2.05, 4.69) is 0 Å². The predicted molar refractivity (Wildman–Crippen MR) is 56.6 cm³/mol. The van der Waals surface area contributed by atoms with Crippen LogP contribution in [-0.2, 0) is 0 Å². The van der Waals surface area contributed by atoms with Crippen molar-refractivity contribution in [1.29, 1.82) is 0 Å². The maximum atomic E-state index is 10.7. The lowest BCUT2D eigenvalue weighted by Gasteiger charge is -2.23. The maximum Gasteiger partial charge on any atom is 0.269 e. The molecule has 0 aliphatic rings. The predicted octanol–water partition coefficient (Wildman–Crippen LogP) is 0.983. The van der Waals surface area contributed by atoms with Crippen LogP contribution in [0.4, 0.5) is 16.2 Å². The van der Waals surface area contributed by atoms with Gasteiger partial charge in [-0.1, -0.05) is 0 Å². The highest BCUT2D eigenvalue weighted by Gasteiger charge is 2.09. The van der Waals surface area contributed by atoms with Crippen LogP contribution < -0.4 is 10.0 Å². The molecule has 0 N–H and O–H groups in total. The molecule has 1 aromatic rings. The van der Waals surface area contributed by atoms with Gasteiger partial charge in [0.25, 0.3) is 5.69 Å². The van der Waals surface area contributed by atoms with E-state index in [1.54, 1.807) is 0 Å². The minimum absolute atomic E-state index is 0.0711. The van der Waals surface area contributed by atoms with Crippen LogP contribution in [-0.4, -0.2) is 23.4 Å². The van der Waals surface area contributed by atoms with Gasteiger partial charge in [-0.2, -0.15) is 0 Å². The Morgan fingerprint density at radius 2 is 1.94 bits per heavy atom. The number of alkyl halides is 1. The molecule has 1 amide bonds. The topological polar surface area (TPSA) is 86.5 Å². The first kappa shape index (κ1) is 12.3. The smallest absolute Gasteiger partial charge is 0.269 e. The SMILES string of the molecule is O=C([O-])N(CCCl)c1ccc([N+](=O)[O-])cc1. The van der Waals surface area contributed by atoms with Gasteiger partial charge in [0.2, 0.25) is 0 Å². The minimum Gasteiger partial charge on any atom is -0.530 e. The van der Waals surface area contributed by atoms with Crippen LogP contribution in [0.5, 0.6) is 0 Å². The van der Waals surface area contributed by atoms with Crippen molar-refractivity contribution in [3.8, 4) is 0 Å². The number of hydrogen-bond donors (Lipinski definition) is 0. The minimum atomic E-state index is -1.39. The molecule has 0 saturated carbocycles. The summed E-state index contributed by atoms with van der Waals surface area (Å²) in [6, 6.07) is 5.11. The zero-order valence-electron chi connectivity index (χ0n) is 8.13. The largest absolute Gasteiger partial charge is 0.530 e. The van der Waals surface area contributed by atoms with Crippen LogP contribution in [0.1, 0.15) is 0 Å². The van der Waals surface area contributed by atoms with Gasteiger partial charge in [-0.15, -0.1) is 11.6 Å². The van der Waals surface area contributed by atoms with E-state index in [9.17, 15) is 20.0 Å². The summed E-state index contributed by atoms with van der Waals surface area (Å²) in [5.74, 6) is 0.116. The average molecular weight is 244 g/mol. The molecule has 0 fully saturated rings. The second-order valence-corrected chi connectivity index (χ2v) is 3.26. The van der Waals surface area contributed by atoms with Crippen molar-refractivity contribution in [2.24, 2.45) is 0 Å². The quantitative estimate of drug-likeness (QED) is 0.448. The van der Waals surface area contributed by atoms with E-state index in [1.807, 2.05) is 0 Å². The van der Waals surface area contributed by atoms with Crippen LogP contribution in [0.25, 0.3) is 0 Å². The molecule has 86 valence electrons. The Labute approximate surface area is 96.2 Å². The number of nitro benzene ring substituents is 1. The maximum absolute atomic E-state index is 10.7. The Balaban J connectivity index is 2.94. The number of carbonyl (C=O) groups is 1. The van der Waals surface area contributed by atoms with Crippen LogP contribution in [0, 0.1) is 10.1 Å². The van der Waals surface area contributed by atoms with Gasteiger partial charge in [0, 0.05) is 30.2 Å². The number of nitrogens with zero attached hydrogens (tertiary/aromatic N) is 2. The number of carboxylic acid groups (broad SMARTS) is 1. The van der Waals surface area contributed by atoms with E-state index in [0.717, 1.165) is 4.90 Å². The summed E-state index contributed by atoms with van der Waals surface area (Å²) >= 11 is 5.43. The van der Waals surface area contributed by atoms with Gasteiger partial charge in [0.1, 0.15) is 6.09 Å². The molecule has 16 heavy (non-hydrogen) atoms. The molecule has 7 heteroatoms. The molecule has 0 aliphatic carbocycles. The molecule has 0 spiro atoms. The fraction of sp³-hybridized carbons (Fsp3) is 0.222. The highest BCUT2D eigenvalue weighted by molar-refractivity contribution is 6.18. The van der Waals surface area contributed by atoms with Crippen molar-refractivity contribution < 1.29 is 14.8 Å². The summed E-state index contributed by atoms with van der Waals surface area (Å²) in [5.41, 5.74) is 0.194. The lowest BCUT2D eigenvalue weighted by Crippen LogP contribution is -2.42. The summed E-state index contributed by atoms with van der Waals surface area (Å²) in [4.78, 5) is 21.5. The lowest BCUT2D eigenvalue weighted by molar-refractivity contribution is -0.384. The molecule has 0 unspecified atom stereocenters. The van der Waals surface area contributed by atoms with Crippen LogP contribution in [0.15, 0.2) is 24.3 Å². The molecule has 0 bridgehead atoms. The molecular formula is C9H8ClN2O4-. The monoisotopic (exact) mass is 243 g/mol. The molecule has 1 aromatic carbocycles. The Bertz CT molecular complexity index is 393. The third-order valence-electron chi connectivity index (χ3n) is 1.90. The zero-order valence-corrected chi connectivity index (χ0v) is 8.88. The number of rotatable bonds is 4. The number of hydrogen-bond acceptors (Lipinski definition) is 4. The first-order valence-corrected chi connectivity index (χ1v) is 4.88. The van der Waals surface area contributed by atoms with E-state index in [4.69, 9.17) is 11.6 Å². The van der Waals surface area contributed by atoms with Crippen molar-refractivity contribution >= 4 is 29.1 Å². The number of benzene rings is 1. The Morgan fingerprint density at radius 1 is 1.38 bits per heavy atom. The molecule has 6 nitrogen and oxygen atoms in total. The third-order valence-corrected chi connectivity index (χ3v) is 2.07. The van der Waals surface area contributed by atoms with Gasteiger partial charge in [-0.05, 0) is 12.1 Å². The molecule has 0 aromatic heterocycles. The zero-order chi connectivity index (χ0) is 12.1. The second-order valence-electron chi connectivity index (χ2n) is 2.88. The summed E-state index contributed by atoms with van der Waals surface area (Å²) in [6.45, 7) is 0.0711.